The van der Waals surface area contributed by atoms with E-state index in [2.05, 4.69) is 32.9 Å². The Bertz CT molecular complexity index is 522. The molecule has 0 amide bonds. The Hall–Kier alpha value is -1.46. The van der Waals surface area contributed by atoms with Gasteiger partial charge in [0.2, 0.25) is 5.13 Å². The highest BCUT2D eigenvalue weighted by atomic mass is 32.1. The van der Waals surface area contributed by atoms with Crippen molar-refractivity contribution in [1.82, 2.24) is 14.8 Å². The Morgan fingerprint density at radius 2 is 2.00 bits per heavy atom. The molecule has 1 saturated heterocycles. The molecule has 0 N–H and O–H groups in total. The van der Waals surface area contributed by atoms with Crippen LogP contribution < -0.4 is 0 Å². The van der Waals surface area contributed by atoms with Crippen LogP contribution in [0.3, 0.4) is 0 Å². The lowest BCUT2D eigenvalue weighted by Crippen LogP contribution is -2.43. The molecule has 0 atom stereocenters. The van der Waals surface area contributed by atoms with Gasteiger partial charge in [-0.3, -0.25) is 0 Å². The van der Waals surface area contributed by atoms with Gasteiger partial charge in [0, 0.05) is 26.2 Å². The second kappa shape index (κ2) is 5.04. The van der Waals surface area contributed by atoms with Gasteiger partial charge >= 0.3 is 0 Å². The molecule has 0 spiro atoms. The first-order valence-corrected chi connectivity index (χ1v) is 6.95. The van der Waals surface area contributed by atoms with Gasteiger partial charge in [-0.05, 0) is 19.2 Å². The van der Waals surface area contributed by atoms with E-state index in [4.69, 9.17) is 0 Å². The molecule has 0 saturated carbocycles. The van der Waals surface area contributed by atoms with Crippen LogP contribution in [0.5, 0.6) is 0 Å². The maximum Gasteiger partial charge on any atom is 0.211 e. The summed E-state index contributed by atoms with van der Waals surface area (Å²) in [6.45, 7) is 4.30. The van der Waals surface area contributed by atoms with Crippen molar-refractivity contribution in [3.05, 3.63) is 24.3 Å². The number of para-hydroxylation sites is 1. The quantitative estimate of drug-likeness (QED) is 0.613. The summed E-state index contributed by atoms with van der Waals surface area (Å²) < 4.78 is 1.20. The van der Waals surface area contributed by atoms with E-state index in [1.807, 2.05) is 24.5 Å². The highest BCUT2D eigenvalue weighted by Crippen LogP contribution is 2.27. The number of nitrogens with zero attached hydrogens (tertiary/aromatic N) is 4. The molecule has 4 nitrogen and oxygen atoms in total. The summed E-state index contributed by atoms with van der Waals surface area (Å²) in [5.74, 6) is 0. The number of hydrogen-bond acceptors (Lipinski definition) is 4. The first-order valence-electron chi connectivity index (χ1n) is 6.13. The minimum absolute atomic E-state index is 0.843. The highest BCUT2D eigenvalue weighted by Gasteiger charge is 2.10. The number of thiazole rings is 1. The highest BCUT2D eigenvalue weighted by molar-refractivity contribution is 7.22. The van der Waals surface area contributed by atoms with Crippen molar-refractivity contribution in [2.45, 2.75) is 0 Å². The van der Waals surface area contributed by atoms with E-state index in [-0.39, 0.29) is 0 Å². The van der Waals surface area contributed by atoms with Gasteiger partial charge in [0.25, 0.3) is 0 Å². The van der Waals surface area contributed by atoms with Crippen LogP contribution in [0.25, 0.3) is 10.2 Å². The van der Waals surface area contributed by atoms with Crippen molar-refractivity contribution in [3.8, 4) is 0 Å². The molecule has 0 bridgehead atoms. The van der Waals surface area contributed by atoms with Crippen molar-refractivity contribution in [2.75, 3.05) is 33.2 Å². The zero-order valence-corrected chi connectivity index (χ0v) is 11.2. The van der Waals surface area contributed by atoms with E-state index in [1.54, 1.807) is 11.3 Å². The lowest BCUT2D eigenvalue weighted by Gasteiger charge is -2.30. The fraction of sp³-hybridized carbons (Fsp3) is 0.385. The Morgan fingerprint density at radius 1 is 1.22 bits per heavy atom. The third kappa shape index (κ3) is 2.52. The topological polar surface area (TPSA) is 31.7 Å². The predicted molar refractivity (Wildman–Crippen MR) is 76.8 cm³/mol. The van der Waals surface area contributed by atoms with Gasteiger partial charge in [0.05, 0.1) is 16.6 Å². The molecule has 1 aromatic carbocycles. The zero-order chi connectivity index (χ0) is 12.4. The molecule has 0 aliphatic carbocycles. The number of benzene rings is 1. The maximum atomic E-state index is 4.50. The van der Waals surface area contributed by atoms with Crippen molar-refractivity contribution in [1.29, 1.82) is 0 Å². The molecule has 1 aromatic heterocycles. The molecule has 18 heavy (non-hydrogen) atoms. The number of likely N-dealkylation sites (N-methyl/N-ethyl adjacent to an activating group) is 1. The van der Waals surface area contributed by atoms with Gasteiger partial charge in [-0.2, -0.15) is 0 Å². The third-order valence-electron chi connectivity index (χ3n) is 3.15. The lowest BCUT2D eigenvalue weighted by atomic mass is 10.3. The van der Waals surface area contributed by atoms with Gasteiger partial charge in [-0.15, -0.1) is 0 Å². The summed E-state index contributed by atoms with van der Waals surface area (Å²) in [5.41, 5.74) is 1.04. The SMILES string of the molecule is CN1CCN(/C=N/c2nc3ccccc3s2)CC1. The minimum Gasteiger partial charge on any atom is -0.360 e. The van der Waals surface area contributed by atoms with Crippen molar-refractivity contribution < 1.29 is 0 Å². The van der Waals surface area contributed by atoms with E-state index < -0.39 is 0 Å². The Kier molecular flexibility index (Phi) is 3.25. The number of fused-ring (bicyclic) bond motifs is 1. The van der Waals surface area contributed by atoms with E-state index in [9.17, 15) is 0 Å². The van der Waals surface area contributed by atoms with Gasteiger partial charge in [0.15, 0.2) is 0 Å². The van der Waals surface area contributed by atoms with Crippen LogP contribution in [0.1, 0.15) is 0 Å². The molecule has 1 aliphatic rings. The maximum absolute atomic E-state index is 4.50. The molecule has 0 radical (unpaired) electrons. The molecule has 1 aliphatic heterocycles. The van der Waals surface area contributed by atoms with Gasteiger partial charge in [0.1, 0.15) is 0 Å². The summed E-state index contributed by atoms with van der Waals surface area (Å²) in [6, 6.07) is 8.16. The molecule has 5 heteroatoms. The first-order chi connectivity index (χ1) is 8.81. The summed E-state index contributed by atoms with van der Waals surface area (Å²) >= 11 is 1.64. The van der Waals surface area contributed by atoms with Crippen LogP contribution >= 0.6 is 11.3 Å². The van der Waals surface area contributed by atoms with Crippen molar-refractivity contribution in [3.63, 3.8) is 0 Å². The van der Waals surface area contributed by atoms with E-state index in [0.717, 1.165) is 36.8 Å². The van der Waals surface area contributed by atoms with E-state index in [1.165, 1.54) is 4.70 Å². The number of rotatable bonds is 2. The van der Waals surface area contributed by atoms with Crippen LogP contribution in [0.2, 0.25) is 0 Å². The van der Waals surface area contributed by atoms with E-state index >= 15 is 0 Å². The molecule has 0 unspecified atom stereocenters. The van der Waals surface area contributed by atoms with Crippen LogP contribution in [0.4, 0.5) is 5.13 Å². The summed E-state index contributed by atoms with van der Waals surface area (Å²) in [6.07, 6.45) is 1.94. The average molecular weight is 260 g/mol. The number of aromatic nitrogens is 1. The van der Waals surface area contributed by atoms with Crippen molar-refractivity contribution in [2.24, 2.45) is 4.99 Å². The van der Waals surface area contributed by atoms with Gasteiger partial charge in [-0.25, -0.2) is 9.98 Å². The van der Waals surface area contributed by atoms with Crippen LogP contribution in [0, 0.1) is 0 Å². The molecule has 1 fully saturated rings. The van der Waals surface area contributed by atoms with Crippen LogP contribution in [0.15, 0.2) is 29.3 Å². The summed E-state index contributed by atoms with van der Waals surface area (Å²) in [4.78, 5) is 13.6. The standard InChI is InChI=1S/C13H16N4S/c1-16-6-8-17(9-7-16)10-14-13-15-11-4-2-3-5-12(11)18-13/h2-5,10H,6-9H2,1H3/b14-10+. The fourth-order valence-corrected chi connectivity index (χ4v) is 2.79. The van der Waals surface area contributed by atoms with E-state index in [0.29, 0.717) is 0 Å². The van der Waals surface area contributed by atoms with Crippen LogP contribution in [-0.4, -0.2) is 54.3 Å². The molecule has 2 heterocycles. The number of hydrogen-bond donors (Lipinski definition) is 0. The predicted octanol–water partition coefficient (Wildman–Crippen LogP) is 2.20. The Balaban J connectivity index is 1.71. The molecular weight excluding hydrogens is 244 g/mol. The summed E-state index contributed by atoms with van der Waals surface area (Å²) in [7, 11) is 2.15. The number of aliphatic imine (C=N–C) groups is 1. The van der Waals surface area contributed by atoms with Crippen LogP contribution in [-0.2, 0) is 0 Å². The average Bonchev–Trinajstić information content (AvgIpc) is 2.81. The monoisotopic (exact) mass is 260 g/mol. The Morgan fingerprint density at radius 3 is 2.78 bits per heavy atom. The Labute approximate surface area is 111 Å². The largest absolute Gasteiger partial charge is 0.360 e. The fourth-order valence-electron chi connectivity index (χ4n) is 1.98. The summed E-state index contributed by atoms with van der Waals surface area (Å²) in [5, 5.41) is 0.843. The molecule has 94 valence electrons. The molecule has 3 rings (SSSR count). The molecule has 2 aromatic rings. The first kappa shape index (κ1) is 11.6. The van der Waals surface area contributed by atoms with Gasteiger partial charge in [-0.1, -0.05) is 23.5 Å². The third-order valence-corrected chi connectivity index (χ3v) is 4.10. The second-order valence-electron chi connectivity index (χ2n) is 4.55. The lowest BCUT2D eigenvalue weighted by molar-refractivity contribution is 0.219. The van der Waals surface area contributed by atoms with Gasteiger partial charge < -0.3 is 9.80 Å². The second-order valence-corrected chi connectivity index (χ2v) is 5.56. The minimum atomic E-state index is 0.843. The smallest absolute Gasteiger partial charge is 0.211 e. The molecular formula is C13H16N4S. The number of piperazine rings is 1. The zero-order valence-electron chi connectivity index (χ0n) is 10.4. The van der Waals surface area contributed by atoms with Crippen molar-refractivity contribution >= 4 is 33.0 Å². The normalized spacial score (nSPS) is 17.9.